The zero-order valence-corrected chi connectivity index (χ0v) is 18.6. The molecule has 2 aromatic rings. The van der Waals surface area contributed by atoms with E-state index in [1.165, 1.54) is 34.2 Å². The van der Waals surface area contributed by atoms with E-state index < -0.39 is 11.7 Å². The van der Waals surface area contributed by atoms with E-state index in [4.69, 9.17) is 4.74 Å². The summed E-state index contributed by atoms with van der Waals surface area (Å²) in [4.78, 5) is 28.1. The van der Waals surface area contributed by atoms with Gasteiger partial charge in [0, 0.05) is 23.2 Å². The molecule has 1 aromatic carbocycles. The minimum absolute atomic E-state index is 0.108. The molecule has 0 aliphatic heterocycles. The van der Waals surface area contributed by atoms with E-state index in [0.29, 0.717) is 23.2 Å². The Kier molecular flexibility index (Phi) is 7.88. The number of amides is 2. The van der Waals surface area contributed by atoms with Crippen LogP contribution < -0.4 is 10.6 Å². The van der Waals surface area contributed by atoms with Crippen molar-refractivity contribution in [3.05, 3.63) is 34.7 Å². The number of carbonyl (C=O) groups is 2. The number of nitrogens with one attached hydrogen (secondary N) is 2. The Labute approximate surface area is 174 Å². The normalized spacial score (nSPS) is 11.2. The number of anilines is 1. The number of rotatable bonds is 7. The first-order valence-electron chi connectivity index (χ1n) is 9.01. The van der Waals surface area contributed by atoms with Crippen molar-refractivity contribution in [1.29, 1.82) is 0 Å². The zero-order chi connectivity index (χ0) is 20.7. The van der Waals surface area contributed by atoms with Gasteiger partial charge in [-0.15, -0.1) is 11.3 Å². The van der Waals surface area contributed by atoms with Crippen LogP contribution in [-0.4, -0.2) is 40.6 Å². The molecule has 0 radical (unpaired) electrons. The third-order valence-electron chi connectivity index (χ3n) is 3.70. The lowest BCUT2D eigenvalue weighted by molar-refractivity contribution is -0.113. The van der Waals surface area contributed by atoms with Gasteiger partial charge in [-0.25, -0.2) is 9.78 Å². The van der Waals surface area contributed by atoms with Crippen molar-refractivity contribution in [3.63, 3.8) is 0 Å². The second kappa shape index (κ2) is 9.93. The molecule has 0 aliphatic rings. The Hall–Kier alpha value is -2.06. The molecule has 0 saturated carbocycles. The van der Waals surface area contributed by atoms with Gasteiger partial charge < -0.3 is 15.4 Å². The Balaban J connectivity index is 1.72. The van der Waals surface area contributed by atoms with Gasteiger partial charge >= 0.3 is 6.09 Å². The van der Waals surface area contributed by atoms with Gasteiger partial charge in [0.1, 0.15) is 5.60 Å². The Morgan fingerprint density at radius 1 is 1.21 bits per heavy atom. The maximum absolute atomic E-state index is 12.1. The molecule has 0 bridgehead atoms. The van der Waals surface area contributed by atoms with Crippen LogP contribution in [0.5, 0.6) is 0 Å². The van der Waals surface area contributed by atoms with E-state index in [9.17, 15) is 9.59 Å². The standard InChI is InChI=1S/C20H27N3O3S2/c1-13-6-7-15(10-14(13)2)16-11-28-18(22-16)23-17(24)12-27-9-8-21-19(25)26-20(3,4)5/h6-7,10-11H,8-9,12H2,1-5H3,(H,21,25)(H,22,23,24). The van der Waals surface area contributed by atoms with Crippen LogP contribution in [0.4, 0.5) is 9.93 Å². The van der Waals surface area contributed by atoms with E-state index >= 15 is 0 Å². The summed E-state index contributed by atoms with van der Waals surface area (Å²) in [6.45, 7) is 10.0. The molecule has 0 spiro atoms. The predicted molar refractivity (Wildman–Crippen MR) is 117 cm³/mol. The van der Waals surface area contributed by atoms with Gasteiger partial charge in [-0.2, -0.15) is 11.8 Å². The summed E-state index contributed by atoms with van der Waals surface area (Å²) in [5.41, 5.74) is 3.85. The van der Waals surface area contributed by atoms with Crippen LogP contribution in [-0.2, 0) is 9.53 Å². The van der Waals surface area contributed by atoms with Crippen molar-refractivity contribution in [3.8, 4) is 11.3 Å². The van der Waals surface area contributed by atoms with Gasteiger partial charge in [0.05, 0.1) is 11.4 Å². The van der Waals surface area contributed by atoms with Gasteiger partial charge in [-0.1, -0.05) is 12.1 Å². The molecule has 8 heteroatoms. The monoisotopic (exact) mass is 421 g/mol. The fourth-order valence-corrected chi connectivity index (χ4v) is 3.61. The van der Waals surface area contributed by atoms with Gasteiger partial charge in [0.2, 0.25) is 5.91 Å². The number of thiazole rings is 1. The minimum Gasteiger partial charge on any atom is -0.444 e. The molecule has 0 fully saturated rings. The van der Waals surface area contributed by atoms with Crippen molar-refractivity contribution in [2.75, 3.05) is 23.4 Å². The molecular weight excluding hydrogens is 394 g/mol. The summed E-state index contributed by atoms with van der Waals surface area (Å²) < 4.78 is 5.15. The molecule has 6 nitrogen and oxygen atoms in total. The highest BCUT2D eigenvalue weighted by Crippen LogP contribution is 2.26. The van der Waals surface area contributed by atoms with Gasteiger partial charge in [0.15, 0.2) is 5.13 Å². The summed E-state index contributed by atoms with van der Waals surface area (Å²) >= 11 is 2.85. The highest BCUT2D eigenvalue weighted by Gasteiger charge is 2.15. The second-order valence-electron chi connectivity index (χ2n) is 7.37. The van der Waals surface area contributed by atoms with Crippen LogP contribution in [0.15, 0.2) is 23.6 Å². The number of aromatic nitrogens is 1. The van der Waals surface area contributed by atoms with E-state index in [0.717, 1.165) is 11.3 Å². The molecule has 1 heterocycles. The summed E-state index contributed by atoms with van der Waals surface area (Å²) in [6.07, 6.45) is -0.445. The number of carbonyl (C=O) groups excluding carboxylic acids is 2. The highest BCUT2D eigenvalue weighted by atomic mass is 32.2. The lowest BCUT2D eigenvalue weighted by Gasteiger charge is -2.19. The van der Waals surface area contributed by atoms with E-state index in [-0.39, 0.29) is 5.91 Å². The van der Waals surface area contributed by atoms with Crippen molar-refractivity contribution in [2.24, 2.45) is 0 Å². The number of thioether (sulfide) groups is 1. The Morgan fingerprint density at radius 3 is 2.64 bits per heavy atom. The van der Waals surface area contributed by atoms with Crippen LogP contribution >= 0.6 is 23.1 Å². The molecule has 0 atom stereocenters. The number of aryl methyl sites for hydroxylation is 2. The number of nitrogens with zero attached hydrogens (tertiary/aromatic N) is 1. The van der Waals surface area contributed by atoms with Gasteiger partial charge in [-0.3, -0.25) is 4.79 Å². The first kappa shape index (κ1) is 22.2. The minimum atomic E-state index is -0.513. The largest absolute Gasteiger partial charge is 0.444 e. The Bertz CT molecular complexity index is 828. The number of hydrogen-bond acceptors (Lipinski definition) is 6. The average Bonchev–Trinajstić information content (AvgIpc) is 3.03. The number of alkyl carbamates (subject to hydrolysis) is 1. The molecule has 2 amide bonds. The number of benzene rings is 1. The summed E-state index contributed by atoms with van der Waals surface area (Å²) in [6, 6.07) is 6.21. The van der Waals surface area contributed by atoms with E-state index in [1.807, 2.05) is 32.2 Å². The third kappa shape index (κ3) is 7.52. The summed E-state index contributed by atoms with van der Waals surface area (Å²) in [5, 5.41) is 8.02. The van der Waals surface area contributed by atoms with E-state index in [2.05, 4.69) is 41.6 Å². The summed E-state index contributed by atoms with van der Waals surface area (Å²) in [7, 11) is 0. The number of ether oxygens (including phenoxy) is 1. The molecule has 2 rings (SSSR count). The smallest absolute Gasteiger partial charge is 0.407 e. The fourth-order valence-electron chi connectivity index (χ4n) is 2.22. The number of hydrogen-bond donors (Lipinski definition) is 2. The van der Waals surface area contributed by atoms with Crippen molar-refractivity contribution in [1.82, 2.24) is 10.3 Å². The molecule has 152 valence electrons. The zero-order valence-electron chi connectivity index (χ0n) is 16.9. The topological polar surface area (TPSA) is 80.3 Å². The third-order valence-corrected chi connectivity index (χ3v) is 5.42. The maximum Gasteiger partial charge on any atom is 0.407 e. The average molecular weight is 422 g/mol. The molecule has 2 N–H and O–H groups in total. The predicted octanol–water partition coefficient (Wildman–Crippen LogP) is 4.62. The van der Waals surface area contributed by atoms with Crippen molar-refractivity contribution < 1.29 is 14.3 Å². The van der Waals surface area contributed by atoms with Gasteiger partial charge in [-0.05, 0) is 51.8 Å². The highest BCUT2D eigenvalue weighted by molar-refractivity contribution is 7.99. The van der Waals surface area contributed by atoms with Crippen LogP contribution in [0.3, 0.4) is 0 Å². The second-order valence-corrected chi connectivity index (χ2v) is 9.33. The molecule has 28 heavy (non-hydrogen) atoms. The fraction of sp³-hybridized carbons (Fsp3) is 0.450. The van der Waals surface area contributed by atoms with Crippen LogP contribution in [0.25, 0.3) is 11.3 Å². The molecular formula is C20H27N3O3S2. The molecule has 1 aromatic heterocycles. The summed E-state index contributed by atoms with van der Waals surface area (Å²) in [5.74, 6) is 0.815. The first-order chi connectivity index (χ1) is 13.1. The first-order valence-corrected chi connectivity index (χ1v) is 11.0. The SMILES string of the molecule is Cc1ccc(-c2csc(NC(=O)CSCCNC(=O)OC(C)(C)C)n2)cc1C. The molecule has 0 aliphatic carbocycles. The van der Waals surface area contributed by atoms with Crippen LogP contribution in [0.1, 0.15) is 31.9 Å². The van der Waals surface area contributed by atoms with Crippen molar-refractivity contribution in [2.45, 2.75) is 40.2 Å². The van der Waals surface area contributed by atoms with Gasteiger partial charge in [0.25, 0.3) is 0 Å². The van der Waals surface area contributed by atoms with Crippen LogP contribution in [0.2, 0.25) is 0 Å². The van der Waals surface area contributed by atoms with E-state index in [1.54, 1.807) is 0 Å². The Morgan fingerprint density at radius 2 is 1.96 bits per heavy atom. The van der Waals surface area contributed by atoms with Crippen molar-refractivity contribution >= 4 is 40.2 Å². The maximum atomic E-state index is 12.1. The molecule has 0 unspecified atom stereocenters. The quantitative estimate of drug-likeness (QED) is 0.638. The lowest BCUT2D eigenvalue weighted by atomic mass is 10.1. The molecule has 0 saturated heterocycles. The van der Waals surface area contributed by atoms with Crippen LogP contribution in [0, 0.1) is 13.8 Å². The lowest BCUT2D eigenvalue weighted by Crippen LogP contribution is -2.33.